The highest BCUT2D eigenvalue weighted by Crippen LogP contribution is 2.15. The molecule has 4 rings (SSSR count). The van der Waals surface area contributed by atoms with Crippen LogP contribution in [0.15, 0.2) is 60.8 Å². The highest BCUT2D eigenvalue weighted by molar-refractivity contribution is 5.92. The summed E-state index contributed by atoms with van der Waals surface area (Å²) in [4.78, 5) is 15.0. The molecule has 1 saturated heterocycles. The van der Waals surface area contributed by atoms with Crippen molar-refractivity contribution in [3.8, 4) is 5.69 Å². The van der Waals surface area contributed by atoms with E-state index in [-0.39, 0.29) is 11.9 Å². The van der Waals surface area contributed by atoms with Gasteiger partial charge >= 0.3 is 0 Å². The van der Waals surface area contributed by atoms with Gasteiger partial charge in [-0.3, -0.25) is 9.69 Å². The number of carbonyl (C=O) groups excluding carboxylic acids is 1. The summed E-state index contributed by atoms with van der Waals surface area (Å²) in [5, 5.41) is 11.2. The molecule has 1 aliphatic heterocycles. The molecule has 2 heterocycles. The Kier molecular flexibility index (Phi) is 5.48. The van der Waals surface area contributed by atoms with Crippen molar-refractivity contribution in [3.05, 3.63) is 77.6 Å². The van der Waals surface area contributed by atoms with Crippen LogP contribution in [0, 0.1) is 6.92 Å². The van der Waals surface area contributed by atoms with Gasteiger partial charge < -0.3 is 5.32 Å². The molecule has 0 radical (unpaired) electrons. The van der Waals surface area contributed by atoms with Gasteiger partial charge in [-0.2, -0.15) is 0 Å². The number of aromatic nitrogens is 3. The van der Waals surface area contributed by atoms with Gasteiger partial charge in [-0.05, 0) is 37.5 Å². The molecule has 0 aliphatic carbocycles. The molecule has 0 atom stereocenters. The number of carbonyl (C=O) groups is 1. The first-order valence-electron chi connectivity index (χ1n) is 9.74. The summed E-state index contributed by atoms with van der Waals surface area (Å²) < 4.78 is 1.64. The van der Waals surface area contributed by atoms with Crippen LogP contribution in [0.2, 0.25) is 0 Å². The van der Waals surface area contributed by atoms with Crippen molar-refractivity contribution < 1.29 is 4.79 Å². The molecule has 1 aromatic heterocycles. The average Bonchev–Trinajstić information content (AvgIpc) is 3.21. The Morgan fingerprint density at radius 2 is 1.79 bits per heavy atom. The highest BCUT2D eigenvalue weighted by Gasteiger charge is 2.22. The van der Waals surface area contributed by atoms with Gasteiger partial charge in [0.2, 0.25) is 0 Å². The lowest BCUT2D eigenvalue weighted by molar-refractivity contribution is 0.0904. The largest absolute Gasteiger partial charge is 0.348 e. The number of piperidine rings is 1. The molecule has 0 bridgehead atoms. The van der Waals surface area contributed by atoms with Crippen LogP contribution in [-0.4, -0.2) is 44.9 Å². The predicted molar refractivity (Wildman–Crippen MR) is 108 cm³/mol. The number of likely N-dealkylation sites (tertiary alicyclic amines) is 1. The number of nitrogens with zero attached hydrogens (tertiary/aromatic N) is 4. The van der Waals surface area contributed by atoms with Gasteiger partial charge in [-0.1, -0.05) is 53.2 Å². The van der Waals surface area contributed by atoms with Crippen molar-refractivity contribution in [2.45, 2.75) is 32.4 Å². The molecule has 6 nitrogen and oxygen atoms in total. The Morgan fingerprint density at radius 3 is 2.50 bits per heavy atom. The van der Waals surface area contributed by atoms with Crippen LogP contribution in [0.4, 0.5) is 0 Å². The summed E-state index contributed by atoms with van der Waals surface area (Å²) in [7, 11) is 0. The van der Waals surface area contributed by atoms with Crippen molar-refractivity contribution in [3.63, 3.8) is 0 Å². The third-order valence-electron chi connectivity index (χ3n) is 5.20. The number of hydrogen-bond donors (Lipinski definition) is 1. The first-order chi connectivity index (χ1) is 13.7. The maximum Gasteiger partial charge on any atom is 0.273 e. The van der Waals surface area contributed by atoms with E-state index in [1.165, 1.54) is 11.1 Å². The maximum atomic E-state index is 12.5. The van der Waals surface area contributed by atoms with Gasteiger partial charge in [0.05, 0.1) is 11.9 Å². The summed E-state index contributed by atoms with van der Waals surface area (Å²) >= 11 is 0. The fourth-order valence-electron chi connectivity index (χ4n) is 3.53. The Labute approximate surface area is 165 Å². The molecule has 1 aliphatic rings. The van der Waals surface area contributed by atoms with Crippen LogP contribution in [-0.2, 0) is 6.54 Å². The van der Waals surface area contributed by atoms with E-state index in [2.05, 4.69) is 44.8 Å². The molecular formula is C22H25N5O. The third-order valence-corrected chi connectivity index (χ3v) is 5.20. The van der Waals surface area contributed by atoms with Gasteiger partial charge in [-0.25, -0.2) is 4.68 Å². The highest BCUT2D eigenvalue weighted by atomic mass is 16.2. The maximum absolute atomic E-state index is 12.5. The normalized spacial score (nSPS) is 15.5. The molecule has 1 fully saturated rings. The van der Waals surface area contributed by atoms with Gasteiger partial charge in [-0.15, -0.1) is 5.10 Å². The third kappa shape index (κ3) is 4.46. The minimum atomic E-state index is -0.153. The van der Waals surface area contributed by atoms with Gasteiger partial charge in [0, 0.05) is 25.7 Å². The molecule has 1 N–H and O–H groups in total. The number of benzene rings is 2. The second-order valence-electron chi connectivity index (χ2n) is 7.39. The zero-order valence-electron chi connectivity index (χ0n) is 16.1. The monoisotopic (exact) mass is 375 g/mol. The van der Waals surface area contributed by atoms with E-state index in [1.807, 2.05) is 37.3 Å². The Bertz CT molecular complexity index is 912. The number of amides is 1. The summed E-state index contributed by atoms with van der Waals surface area (Å²) in [5.41, 5.74) is 3.76. The molecule has 0 spiro atoms. The van der Waals surface area contributed by atoms with E-state index >= 15 is 0 Å². The van der Waals surface area contributed by atoms with Crippen molar-refractivity contribution in [1.29, 1.82) is 0 Å². The number of aryl methyl sites for hydroxylation is 1. The Hall–Kier alpha value is -2.99. The lowest BCUT2D eigenvalue weighted by Gasteiger charge is -2.32. The van der Waals surface area contributed by atoms with E-state index in [0.717, 1.165) is 38.2 Å². The number of hydrogen-bond acceptors (Lipinski definition) is 4. The van der Waals surface area contributed by atoms with Crippen LogP contribution in [0.3, 0.4) is 0 Å². The molecular weight excluding hydrogens is 350 g/mol. The van der Waals surface area contributed by atoms with Crippen LogP contribution >= 0.6 is 0 Å². The molecule has 1 amide bonds. The molecule has 3 aromatic rings. The van der Waals surface area contributed by atoms with Crippen molar-refractivity contribution in [1.82, 2.24) is 25.2 Å². The molecule has 144 valence electrons. The fraction of sp³-hybridized carbons (Fsp3) is 0.318. The van der Waals surface area contributed by atoms with Crippen LogP contribution < -0.4 is 5.32 Å². The Morgan fingerprint density at radius 1 is 1.07 bits per heavy atom. The summed E-state index contributed by atoms with van der Waals surface area (Å²) in [6, 6.07) is 18.7. The van der Waals surface area contributed by atoms with Crippen molar-refractivity contribution in [2.75, 3.05) is 13.1 Å². The standard InChI is InChI=1S/C22H25N5O/c1-17-7-9-20(10-8-17)27-16-21(24-25-27)22(28)23-19-11-13-26(14-12-19)15-18-5-3-2-4-6-18/h2-10,16,19H,11-15H2,1H3,(H,23,28). The Balaban J connectivity index is 1.29. The number of rotatable bonds is 5. The van der Waals surface area contributed by atoms with Gasteiger partial charge in [0.15, 0.2) is 5.69 Å². The quantitative estimate of drug-likeness (QED) is 0.745. The van der Waals surface area contributed by atoms with Crippen LogP contribution in [0.25, 0.3) is 5.69 Å². The van der Waals surface area contributed by atoms with E-state index in [1.54, 1.807) is 10.9 Å². The minimum Gasteiger partial charge on any atom is -0.348 e. The van der Waals surface area contributed by atoms with Crippen molar-refractivity contribution in [2.24, 2.45) is 0 Å². The average molecular weight is 375 g/mol. The van der Waals surface area contributed by atoms with Crippen LogP contribution in [0.5, 0.6) is 0 Å². The minimum absolute atomic E-state index is 0.153. The zero-order valence-corrected chi connectivity index (χ0v) is 16.1. The smallest absolute Gasteiger partial charge is 0.273 e. The number of nitrogens with one attached hydrogen (secondary N) is 1. The topological polar surface area (TPSA) is 63.1 Å². The summed E-state index contributed by atoms with van der Waals surface area (Å²) in [6.45, 7) is 4.97. The molecule has 0 unspecified atom stereocenters. The van der Waals surface area contributed by atoms with E-state index in [9.17, 15) is 4.79 Å². The van der Waals surface area contributed by atoms with E-state index < -0.39 is 0 Å². The second-order valence-corrected chi connectivity index (χ2v) is 7.39. The molecule has 6 heteroatoms. The first-order valence-corrected chi connectivity index (χ1v) is 9.74. The summed E-state index contributed by atoms with van der Waals surface area (Å²) in [5.74, 6) is -0.153. The molecule has 2 aromatic carbocycles. The van der Waals surface area contributed by atoms with Crippen molar-refractivity contribution >= 4 is 5.91 Å². The molecule has 28 heavy (non-hydrogen) atoms. The predicted octanol–water partition coefficient (Wildman–Crippen LogP) is 2.97. The van der Waals surface area contributed by atoms with Gasteiger partial charge in [0.1, 0.15) is 0 Å². The van der Waals surface area contributed by atoms with E-state index in [0.29, 0.717) is 5.69 Å². The fourth-order valence-corrected chi connectivity index (χ4v) is 3.53. The lowest BCUT2D eigenvalue weighted by atomic mass is 10.0. The first kappa shape index (κ1) is 18.4. The molecule has 0 saturated carbocycles. The zero-order chi connectivity index (χ0) is 19.3. The van der Waals surface area contributed by atoms with Crippen LogP contribution in [0.1, 0.15) is 34.5 Å². The SMILES string of the molecule is Cc1ccc(-n2cc(C(=O)NC3CCN(Cc4ccccc4)CC3)nn2)cc1. The van der Waals surface area contributed by atoms with E-state index in [4.69, 9.17) is 0 Å². The second kappa shape index (κ2) is 8.35. The lowest BCUT2D eigenvalue weighted by Crippen LogP contribution is -2.44. The van der Waals surface area contributed by atoms with Gasteiger partial charge in [0.25, 0.3) is 5.91 Å². The summed E-state index contributed by atoms with van der Waals surface area (Å²) in [6.07, 6.45) is 3.58.